The van der Waals surface area contributed by atoms with E-state index in [4.69, 9.17) is 0 Å². The Morgan fingerprint density at radius 3 is 2.38 bits per heavy atom. The zero-order valence-electron chi connectivity index (χ0n) is 21.5. The van der Waals surface area contributed by atoms with Gasteiger partial charge in [-0.3, -0.25) is 14.5 Å². The maximum atomic E-state index is 14.5. The Balaban J connectivity index is 1.83. The standard InChI is InChI=1S/C28H36FN3O4S/c1-20-11-6-7-16-24(20)26(27(33)30-22-13-4-3-5-14-22)32(23-15-10-12-21(29)19-23)28(34)25-17-8-9-18-31(25)37(2,35)36/h6-7,10-12,15-16,19,22,25-26H,3-5,8-9,13-14,17-18H2,1-2H3,(H,30,33). The third-order valence-electron chi connectivity index (χ3n) is 7.43. The van der Waals surface area contributed by atoms with Gasteiger partial charge in [0.2, 0.25) is 21.8 Å². The molecule has 2 unspecified atom stereocenters. The number of sulfonamides is 1. The molecule has 9 heteroatoms. The molecule has 0 aromatic heterocycles. The van der Waals surface area contributed by atoms with Crippen molar-refractivity contribution in [3.8, 4) is 0 Å². The monoisotopic (exact) mass is 529 g/mol. The van der Waals surface area contributed by atoms with Gasteiger partial charge in [-0.1, -0.05) is 56.0 Å². The summed E-state index contributed by atoms with van der Waals surface area (Å²) in [5, 5.41) is 3.15. The van der Waals surface area contributed by atoms with Crippen LogP contribution in [0.3, 0.4) is 0 Å². The van der Waals surface area contributed by atoms with E-state index in [1.54, 1.807) is 18.2 Å². The molecule has 1 aliphatic heterocycles. The highest BCUT2D eigenvalue weighted by molar-refractivity contribution is 7.88. The minimum Gasteiger partial charge on any atom is -0.351 e. The quantitative estimate of drug-likeness (QED) is 0.573. The number of carbonyl (C=O) groups is 2. The number of anilines is 1. The summed E-state index contributed by atoms with van der Waals surface area (Å²) >= 11 is 0. The first-order valence-electron chi connectivity index (χ1n) is 13.1. The highest BCUT2D eigenvalue weighted by atomic mass is 32.2. The second-order valence-electron chi connectivity index (χ2n) is 10.2. The van der Waals surface area contributed by atoms with Crippen molar-refractivity contribution in [2.24, 2.45) is 0 Å². The van der Waals surface area contributed by atoms with Gasteiger partial charge in [0.05, 0.1) is 6.26 Å². The SMILES string of the molecule is Cc1ccccc1C(C(=O)NC1CCCCC1)N(C(=O)C1CCCCN1S(C)(=O)=O)c1cccc(F)c1. The Hall–Kier alpha value is -2.78. The van der Waals surface area contributed by atoms with Crippen LogP contribution < -0.4 is 10.2 Å². The zero-order valence-corrected chi connectivity index (χ0v) is 22.3. The molecule has 2 atom stereocenters. The molecule has 2 amide bonds. The molecule has 4 rings (SSSR count). The van der Waals surface area contributed by atoms with Crippen molar-refractivity contribution in [2.75, 3.05) is 17.7 Å². The summed E-state index contributed by atoms with van der Waals surface area (Å²) in [6.07, 6.45) is 7.68. The topological polar surface area (TPSA) is 86.8 Å². The number of hydrogen-bond acceptors (Lipinski definition) is 4. The summed E-state index contributed by atoms with van der Waals surface area (Å²) in [5.41, 5.74) is 1.65. The normalized spacial score (nSPS) is 20.2. The predicted molar refractivity (Wildman–Crippen MR) is 142 cm³/mol. The fraction of sp³-hybridized carbons (Fsp3) is 0.500. The summed E-state index contributed by atoms with van der Waals surface area (Å²) < 4.78 is 40.9. The first kappa shape index (κ1) is 27.3. The first-order chi connectivity index (χ1) is 17.7. The number of benzene rings is 2. The van der Waals surface area contributed by atoms with Crippen LogP contribution in [0.2, 0.25) is 0 Å². The number of halogens is 1. The molecule has 1 aliphatic carbocycles. The number of piperidine rings is 1. The van der Waals surface area contributed by atoms with Gasteiger partial charge in [-0.15, -0.1) is 0 Å². The second-order valence-corrected chi connectivity index (χ2v) is 12.1. The Morgan fingerprint density at radius 2 is 1.70 bits per heavy atom. The number of amides is 2. The van der Waals surface area contributed by atoms with Crippen molar-refractivity contribution in [2.45, 2.75) is 76.4 Å². The third kappa shape index (κ3) is 6.38. The van der Waals surface area contributed by atoms with Crippen LogP contribution in [0.1, 0.15) is 68.5 Å². The van der Waals surface area contributed by atoms with Gasteiger partial charge in [0.1, 0.15) is 17.9 Å². The Morgan fingerprint density at radius 1 is 1.00 bits per heavy atom. The molecule has 37 heavy (non-hydrogen) atoms. The maximum Gasteiger partial charge on any atom is 0.248 e. The molecule has 1 heterocycles. The third-order valence-corrected chi connectivity index (χ3v) is 8.72. The lowest BCUT2D eigenvalue weighted by Crippen LogP contribution is -2.56. The van der Waals surface area contributed by atoms with Crippen molar-refractivity contribution >= 4 is 27.5 Å². The van der Waals surface area contributed by atoms with E-state index < -0.39 is 33.8 Å². The van der Waals surface area contributed by atoms with Gasteiger partial charge in [0.15, 0.2) is 0 Å². The molecule has 2 aromatic carbocycles. The lowest BCUT2D eigenvalue weighted by Gasteiger charge is -2.39. The molecule has 7 nitrogen and oxygen atoms in total. The molecule has 0 radical (unpaired) electrons. The van der Waals surface area contributed by atoms with Crippen LogP contribution in [-0.2, 0) is 19.6 Å². The van der Waals surface area contributed by atoms with Crippen LogP contribution in [0.5, 0.6) is 0 Å². The summed E-state index contributed by atoms with van der Waals surface area (Å²) in [6, 6.07) is 10.9. The van der Waals surface area contributed by atoms with Crippen molar-refractivity contribution < 1.29 is 22.4 Å². The molecule has 2 aromatic rings. The Kier molecular flexibility index (Phi) is 8.64. The Bertz CT molecular complexity index is 1230. The van der Waals surface area contributed by atoms with E-state index in [1.807, 2.05) is 19.1 Å². The minimum absolute atomic E-state index is 0.000529. The van der Waals surface area contributed by atoms with Gasteiger partial charge in [-0.25, -0.2) is 12.8 Å². The molecule has 1 saturated carbocycles. The minimum atomic E-state index is -3.67. The molecule has 2 fully saturated rings. The molecular weight excluding hydrogens is 493 g/mol. The fourth-order valence-corrected chi connectivity index (χ4v) is 6.68. The molecule has 1 N–H and O–H groups in total. The van der Waals surface area contributed by atoms with Crippen molar-refractivity contribution in [3.63, 3.8) is 0 Å². The van der Waals surface area contributed by atoms with Gasteiger partial charge in [-0.2, -0.15) is 4.31 Å². The van der Waals surface area contributed by atoms with Crippen molar-refractivity contribution in [3.05, 3.63) is 65.5 Å². The highest BCUT2D eigenvalue weighted by Crippen LogP contribution is 2.34. The lowest BCUT2D eigenvalue weighted by molar-refractivity contribution is -0.129. The van der Waals surface area contributed by atoms with Crippen LogP contribution in [0.25, 0.3) is 0 Å². The van der Waals surface area contributed by atoms with Crippen LogP contribution in [-0.4, -0.2) is 49.4 Å². The summed E-state index contributed by atoms with van der Waals surface area (Å²) in [6.45, 7) is 2.10. The fourth-order valence-electron chi connectivity index (χ4n) is 5.56. The zero-order chi connectivity index (χ0) is 26.6. The number of rotatable bonds is 7. The van der Waals surface area contributed by atoms with E-state index >= 15 is 0 Å². The van der Waals surface area contributed by atoms with E-state index in [0.717, 1.165) is 43.9 Å². The number of aryl methyl sites for hydroxylation is 1. The first-order valence-corrected chi connectivity index (χ1v) is 14.9. The van der Waals surface area contributed by atoms with Crippen molar-refractivity contribution in [1.29, 1.82) is 0 Å². The second kappa shape index (κ2) is 11.7. The average Bonchev–Trinajstić information content (AvgIpc) is 2.87. The van der Waals surface area contributed by atoms with Gasteiger partial charge < -0.3 is 5.32 Å². The Labute approximate surface area is 219 Å². The molecule has 0 bridgehead atoms. The van der Waals surface area contributed by atoms with Crippen LogP contribution >= 0.6 is 0 Å². The van der Waals surface area contributed by atoms with Gasteiger partial charge >= 0.3 is 0 Å². The van der Waals surface area contributed by atoms with Gasteiger partial charge in [0, 0.05) is 18.3 Å². The van der Waals surface area contributed by atoms with E-state index in [-0.39, 0.29) is 24.2 Å². The number of carbonyl (C=O) groups excluding carboxylic acids is 2. The van der Waals surface area contributed by atoms with E-state index in [2.05, 4.69) is 5.32 Å². The average molecular weight is 530 g/mol. The molecule has 200 valence electrons. The van der Waals surface area contributed by atoms with Crippen LogP contribution in [0.4, 0.5) is 10.1 Å². The van der Waals surface area contributed by atoms with E-state index in [0.29, 0.717) is 24.8 Å². The number of nitrogens with zero attached hydrogens (tertiary/aromatic N) is 2. The number of hydrogen-bond donors (Lipinski definition) is 1. The molecule has 0 spiro atoms. The van der Waals surface area contributed by atoms with Crippen LogP contribution in [0.15, 0.2) is 48.5 Å². The molecule has 1 saturated heterocycles. The van der Waals surface area contributed by atoms with Crippen LogP contribution in [0, 0.1) is 12.7 Å². The predicted octanol–water partition coefficient (Wildman–Crippen LogP) is 4.47. The number of nitrogens with one attached hydrogen (secondary N) is 1. The van der Waals surface area contributed by atoms with Crippen molar-refractivity contribution in [1.82, 2.24) is 9.62 Å². The highest BCUT2D eigenvalue weighted by Gasteiger charge is 2.42. The maximum absolute atomic E-state index is 14.5. The molecular formula is C28H36FN3O4S. The lowest BCUT2D eigenvalue weighted by atomic mass is 9.93. The summed E-state index contributed by atoms with van der Waals surface area (Å²) in [7, 11) is -3.67. The van der Waals surface area contributed by atoms with E-state index in [9.17, 15) is 22.4 Å². The van der Waals surface area contributed by atoms with Gasteiger partial charge in [0.25, 0.3) is 0 Å². The van der Waals surface area contributed by atoms with E-state index in [1.165, 1.54) is 27.4 Å². The smallest absolute Gasteiger partial charge is 0.248 e. The summed E-state index contributed by atoms with van der Waals surface area (Å²) in [5.74, 6) is -1.42. The largest absolute Gasteiger partial charge is 0.351 e. The summed E-state index contributed by atoms with van der Waals surface area (Å²) in [4.78, 5) is 29.6. The van der Waals surface area contributed by atoms with Gasteiger partial charge in [-0.05, 0) is 61.9 Å². The molecule has 2 aliphatic rings.